The molecule has 1 aromatic carbocycles. The average molecular weight is 271 g/mol. The smallest absolute Gasteiger partial charge is 0.292 e. The maximum atomic E-state index is 11.0. The molecule has 1 aromatic rings. The SMILES string of the molecule is O=[N+]([O-])c1ccc(Cl)cc1N(CCO)C1CCC1. The normalized spacial score (nSPS) is 15.2. The molecule has 1 fully saturated rings. The molecule has 0 heterocycles. The van der Waals surface area contributed by atoms with Crippen LogP contribution >= 0.6 is 11.6 Å². The summed E-state index contributed by atoms with van der Waals surface area (Å²) in [6, 6.07) is 4.81. The quantitative estimate of drug-likeness (QED) is 0.660. The Bertz CT molecular complexity index is 449. The molecule has 0 bridgehead atoms. The third-order valence-corrected chi connectivity index (χ3v) is 3.54. The van der Waals surface area contributed by atoms with Gasteiger partial charge in [-0.2, -0.15) is 0 Å². The maximum Gasteiger partial charge on any atom is 0.292 e. The van der Waals surface area contributed by atoms with E-state index in [0.29, 0.717) is 17.3 Å². The highest BCUT2D eigenvalue weighted by atomic mass is 35.5. The van der Waals surface area contributed by atoms with Gasteiger partial charge in [0, 0.05) is 23.7 Å². The van der Waals surface area contributed by atoms with E-state index in [2.05, 4.69) is 0 Å². The van der Waals surface area contributed by atoms with Crippen LogP contribution in [-0.2, 0) is 0 Å². The Morgan fingerprint density at radius 3 is 2.72 bits per heavy atom. The number of aliphatic hydroxyl groups is 1. The van der Waals surface area contributed by atoms with Crippen molar-refractivity contribution in [1.82, 2.24) is 0 Å². The average Bonchev–Trinajstić information content (AvgIpc) is 2.25. The van der Waals surface area contributed by atoms with Gasteiger partial charge in [-0.1, -0.05) is 11.6 Å². The topological polar surface area (TPSA) is 66.6 Å². The Hall–Kier alpha value is -1.33. The summed E-state index contributed by atoms with van der Waals surface area (Å²) in [5.41, 5.74) is 0.547. The van der Waals surface area contributed by atoms with Crippen molar-refractivity contribution in [2.24, 2.45) is 0 Å². The van der Waals surface area contributed by atoms with Crippen LogP contribution < -0.4 is 4.90 Å². The van der Waals surface area contributed by atoms with Crippen LogP contribution in [0.4, 0.5) is 11.4 Å². The van der Waals surface area contributed by atoms with Crippen molar-refractivity contribution < 1.29 is 10.0 Å². The predicted molar refractivity (Wildman–Crippen MR) is 70.2 cm³/mol. The van der Waals surface area contributed by atoms with Gasteiger partial charge >= 0.3 is 0 Å². The first-order chi connectivity index (χ1) is 8.63. The van der Waals surface area contributed by atoms with Gasteiger partial charge in [-0.15, -0.1) is 0 Å². The lowest BCUT2D eigenvalue weighted by molar-refractivity contribution is -0.384. The van der Waals surface area contributed by atoms with Crippen LogP contribution in [0.1, 0.15) is 19.3 Å². The number of rotatable bonds is 5. The highest BCUT2D eigenvalue weighted by molar-refractivity contribution is 6.31. The summed E-state index contributed by atoms with van der Waals surface area (Å²) >= 11 is 5.92. The number of nitro benzene ring substituents is 1. The highest BCUT2D eigenvalue weighted by Crippen LogP contribution is 2.36. The number of hydrogen-bond acceptors (Lipinski definition) is 4. The molecule has 0 unspecified atom stereocenters. The van der Waals surface area contributed by atoms with Gasteiger partial charge in [0.2, 0.25) is 0 Å². The highest BCUT2D eigenvalue weighted by Gasteiger charge is 2.29. The van der Waals surface area contributed by atoms with Crippen LogP contribution in [0, 0.1) is 10.1 Å². The molecule has 0 atom stereocenters. The van der Waals surface area contributed by atoms with Crippen molar-refractivity contribution in [3.63, 3.8) is 0 Å². The minimum atomic E-state index is -0.408. The van der Waals surface area contributed by atoms with E-state index in [1.165, 1.54) is 12.1 Å². The van der Waals surface area contributed by atoms with E-state index in [4.69, 9.17) is 16.7 Å². The Morgan fingerprint density at radius 2 is 2.22 bits per heavy atom. The molecule has 0 radical (unpaired) electrons. The number of aliphatic hydroxyl groups excluding tert-OH is 1. The molecule has 0 amide bonds. The van der Waals surface area contributed by atoms with Crippen LogP contribution in [0.2, 0.25) is 5.02 Å². The van der Waals surface area contributed by atoms with Crippen molar-refractivity contribution >= 4 is 23.0 Å². The minimum absolute atomic E-state index is 0.0276. The molecule has 0 aromatic heterocycles. The number of benzene rings is 1. The summed E-state index contributed by atoms with van der Waals surface area (Å²) in [4.78, 5) is 12.5. The first kappa shape index (κ1) is 13.1. The van der Waals surface area contributed by atoms with Gasteiger partial charge < -0.3 is 10.0 Å². The summed E-state index contributed by atoms with van der Waals surface area (Å²) in [6.45, 7) is 0.367. The lowest BCUT2D eigenvalue weighted by Crippen LogP contribution is -2.42. The molecule has 1 saturated carbocycles. The fourth-order valence-corrected chi connectivity index (χ4v) is 2.35. The Morgan fingerprint density at radius 1 is 1.50 bits per heavy atom. The molecule has 0 saturated heterocycles. The summed E-state index contributed by atoms with van der Waals surface area (Å²) in [6.07, 6.45) is 3.13. The van der Waals surface area contributed by atoms with Crippen LogP contribution in [0.25, 0.3) is 0 Å². The molecular formula is C12H15ClN2O3. The largest absolute Gasteiger partial charge is 0.395 e. The molecule has 1 N–H and O–H groups in total. The molecule has 6 heteroatoms. The molecule has 0 aliphatic heterocycles. The van der Waals surface area contributed by atoms with E-state index in [1.807, 2.05) is 4.90 Å². The number of nitro groups is 1. The molecule has 5 nitrogen and oxygen atoms in total. The zero-order valence-electron chi connectivity index (χ0n) is 9.88. The Kier molecular flexibility index (Phi) is 4.04. The molecule has 18 heavy (non-hydrogen) atoms. The minimum Gasteiger partial charge on any atom is -0.395 e. The van der Waals surface area contributed by atoms with Gasteiger partial charge in [0.05, 0.1) is 11.5 Å². The third kappa shape index (κ3) is 2.57. The second kappa shape index (κ2) is 5.54. The Labute approximate surface area is 110 Å². The van der Waals surface area contributed by atoms with Crippen molar-refractivity contribution in [2.75, 3.05) is 18.1 Å². The molecule has 98 valence electrons. The monoisotopic (exact) mass is 270 g/mol. The summed E-state index contributed by atoms with van der Waals surface area (Å²) in [5.74, 6) is 0. The lowest BCUT2D eigenvalue weighted by atomic mass is 9.91. The summed E-state index contributed by atoms with van der Waals surface area (Å²) in [7, 11) is 0. The van der Waals surface area contributed by atoms with Crippen molar-refractivity contribution in [3.8, 4) is 0 Å². The second-order valence-corrected chi connectivity index (χ2v) is 4.83. The third-order valence-electron chi connectivity index (χ3n) is 3.30. The summed E-state index contributed by atoms with van der Waals surface area (Å²) < 4.78 is 0. The molecular weight excluding hydrogens is 256 g/mol. The standard InChI is InChI=1S/C12H15ClN2O3/c13-9-4-5-11(15(17)18)12(8-9)14(6-7-16)10-2-1-3-10/h4-5,8,10,16H,1-3,6-7H2. The Balaban J connectivity index is 2.37. The molecule has 1 aliphatic rings. The first-order valence-electron chi connectivity index (χ1n) is 5.95. The van der Waals surface area contributed by atoms with Gasteiger partial charge in [-0.3, -0.25) is 10.1 Å². The van der Waals surface area contributed by atoms with E-state index < -0.39 is 4.92 Å². The molecule has 1 aliphatic carbocycles. The van der Waals surface area contributed by atoms with Gasteiger partial charge in [0.1, 0.15) is 5.69 Å². The van der Waals surface area contributed by atoms with Crippen molar-refractivity contribution in [3.05, 3.63) is 33.3 Å². The lowest BCUT2D eigenvalue weighted by Gasteiger charge is -2.38. The van der Waals surface area contributed by atoms with E-state index >= 15 is 0 Å². The molecule has 2 rings (SSSR count). The van der Waals surface area contributed by atoms with E-state index in [9.17, 15) is 10.1 Å². The van der Waals surface area contributed by atoms with E-state index in [0.717, 1.165) is 19.3 Å². The van der Waals surface area contributed by atoms with E-state index in [1.54, 1.807) is 6.07 Å². The first-order valence-corrected chi connectivity index (χ1v) is 6.32. The van der Waals surface area contributed by atoms with Crippen LogP contribution in [0.3, 0.4) is 0 Å². The fourth-order valence-electron chi connectivity index (χ4n) is 2.19. The van der Waals surface area contributed by atoms with Crippen LogP contribution in [0.5, 0.6) is 0 Å². The number of hydrogen-bond donors (Lipinski definition) is 1. The van der Waals surface area contributed by atoms with Gasteiger partial charge in [0.25, 0.3) is 5.69 Å². The number of nitrogens with zero attached hydrogens (tertiary/aromatic N) is 2. The second-order valence-electron chi connectivity index (χ2n) is 4.39. The molecule has 0 spiro atoms. The maximum absolute atomic E-state index is 11.0. The van der Waals surface area contributed by atoms with Crippen molar-refractivity contribution in [1.29, 1.82) is 0 Å². The van der Waals surface area contributed by atoms with Gasteiger partial charge in [-0.25, -0.2) is 0 Å². The number of anilines is 1. The fraction of sp³-hybridized carbons (Fsp3) is 0.500. The zero-order chi connectivity index (χ0) is 13.1. The predicted octanol–water partition coefficient (Wildman–Crippen LogP) is 2.60. The van der Waals surface area contributed by atoms with Crippen LogP contribution in [0.15, 0.2) is 18.2 Å². The van der Waals surface area contributed by atoms with Crippen LogP contribution in [-0.4, -0.2) is 29.2 Å². The van der Waals surface area contributed by atoms with Gasteiger partial charge in [-0.05, 0) is 31.4 Å². The van der Waals surface area contributed by atoms with Crippen molar-refractivity contribution in [2.45, 2.75) is 25.3 Å². The summed E-state index contributed by atoms with van der Waals surface area (Å²) in [5, 5.41) is 20.6. The zero-order valence-corrected chi connectivity index (χ0v) is 10.6. The number of halogens is 1. The van der Waals surface area contributed by atoms with E-state index in [-0.39, 0.29) is 18.3 Å². The van der Waals surface area contributed by atoms with Gasteiger partial charge in [0.15, 0.2) is 0 Å².